The molecule has 1 saturated heterocycles. The molecular weight excluding hydrogens is 304 g/mol. The van der Waals surface area contributed by atoms with Crippen LogP contribution in [0.4, 0.5) is 11.5 Å². The summed E-state index contributed by atoms with van der Waals surface area (Å²) >= 11 is 3.51. The van der Waals surface area contributed by atoms with Gasteiger partial charge in [0.2, 0.25) is 0 Å². The number of para-hydroxylation sites is 1. The largest absolute Gasteiger partial charge is 0.368 e. The van der Waals surface area contributed by atoms with E-state index in [4.69, 9.17) is 0 Å². The number of benzene rings is 1. The van der Waals surface area contributed by atoms with Crippen molar-refractivity contribution in [3.05, 3.63) is 47.3 Å². The van der Waals surface area contributed by atoms with E-state index < -0.39 is 0 Å². The topological polar surface area (TPSA) is 32.3 Å². The molecule has 1 aromatic heterocycles. The summed E-state index contributed by atoms with van der Waals surface area (Å²) in [4.78, 5) is 13.1. The molecule has 0 saturated carbocycles. The van der Waals surface area contributed by atoms with Crippen molar-refractivity contribution >= 4 is 27.4 Å². The first-order chi connectivity index (χ1) is 9.34. The van der Waals surface area contributed by atoms with E-state index in [1.807, 2.05) is 0 Å². The van der Waals surface area contributed by atoms with Crippen LogP contribution in [0.25, 0.3) is 0 Å². The highest BCUT2D eigenvalue weighted by Gasteiger charge is 2.19. The minimum absolute atomic E-state index is 0.961. The Balaban J connectivity index is 1.69. The maximum Gasteiger partial charge on any atom is 0.146 e. The van der Waals surface area contributed by atoms with E-state index in [9.17, 15) is 0 Å². The second kappa shape index (κ2) is 5.57. The Morgan fingerprint density at radius 2 is 1.63 bits per heavy atom. The molecule has 0 unspecified atom stereocenters. The average molecular weight is 319 g/mol. The highest BCUT2D eigenvalue weighted by molar-refractivity contribution is 9.10. The predicted octanol–water partition coefficient (Wildman–Crippen LogP) is 2.57. The van der Waals surface area contributed by atoms with Crippen molar-refractivity contribution in [2.45, 2.75) is 0 Å². The highest BCUT2D eigenvalue weighted by atomic mass is 79.9. The lowest BCUT2D eigenvalue weighted by Crippen LogP contribution is -2.47. The molecule has 0 radical (unpaired) electrons. The summed E-state index contributed by atoms with van der Waals surface area (Å²) in [5.41, 5.74) is 1.30. The number of rotatable bonds is 2. The van der Waals surface area contributed by atoms with Crippen molar-refractivity contribution in [3.63, 3.8) is 0 Å². The van der Waals surface area contributed by atoms with Crippen molar-refractivity contribution in [1.29, 1.82) is 0 Å². The van der Waals surface area contributed by atoms with E-state index in [1.165, 1.54) is 5.69 Å². The zero-order chi connectivity index (χ0) is 13.1. The molecule has 4 nitrogen and oxygen atoms in total. The molecule has 1 aromatic carbocycles. The molecule has 0 spiro atoms. The molecule has 1 aliphatic heterocycles. The first-order valence-corrected chi connectivity index (χ1v) is 7.14. The minimum Gasteiger partial charge on any atom is -0.368 e. The van der Waals surface area contributed by atoms with Gasteiger partial charge < -0.3 is 9.80 Å². The van der Waals surface area contributed by atoms with E-state index >= 15 is 0 Å². The normalized spacial score (nSPS) is 15.6. The third kappa shape index (κ3) is 2.71. The van der Waals surface area contributed by atoms with Crippen LogP contribution in [0.3, 0.4) is 0 Å². The number of nitrogens with zero attached hydrogens (tertiary/aromatic N) is 4. The number of halogens is 1. The molecule has 1 aliphatic rings. The number of piperazine rings is 1. The maximum absolute atomic E-state index is 4.35. The zero-order valence-electron chi connectivity index (χ0n) is 10.5. The van der Waals surface area contributed by atoms with Gasteiger partial charge in [0.05, 0.1) is 4.47 Å². The van der Waals surface area contributed by atoms with Gasteiger partial charge in [-0.15, -0.1) is 0 Å². The average Bonchev–Trinajstić information content (AvgIpc) is 2.49. The van der Waals surface area contributed by atoms with Crippen LogP contribution in [0.15, 0.2) is 47.3 Å². The Morgan fingerprint density at radius 1 is 0.947 bits per heavy atom. The molecule has 1 fully saturated rings. The van der Waals surface area contributed by atoms with Gasteiger partial charge in [0.15, 0.2) is 0 Å². The van der Waals surface area contributed by atoms with Crippen molar-refractivity contribution in [3.8, 4) is 0 Å². The third-order valence-corrected chi connectivity index (χ3v) is 3.91. The Hall–Kier alpha value is -1.62. The number of aromatic nitrogens is 2. The highest BCUT2D eigenvalue weighted by Crippen LogP contribution is 2.24. The molecule has 5 heteroatoms. The fraction of sp³-hybridized carbons (Fsp3) is 0.286. The van der Waals surface area contributed by atoms with E-state index in [0.717, 1.165) is 36.5 Å². The number of anilines is 2. The van der Waals surface area contributed by atoms with Gasteiger partial charge in [0.1, 0.15) is 12.1 Å². The van der Waals surface area contributed by atoms with Crippen molar-refractivity contribution in [2.75, 3.05) is 36.0 Å². The summed E-state index contributed by atoms with van der Waals surface area (Å²) in [6, 6.07) is 10.6. The van der Waals surface area contributed by atoms with Gasteiger partial charge in [0.25, 0.3) is 0 Å². The molecule has 3 rings (SSSR count). The standard InChI is InChI=1S/C14H15BrN4/c15-13-10-16-11-17-14(13)19-8-6-18(7-9-19)12-4-2-1-3-5-12/h1-5,10-11H,6-9H2. The molecule has 2 aromatic rings. The predicted molar refractivity (Wildman–Crippen MR) is 80.6 cm³/mol. The minimum atomic E-state index is 0.961. The third-order valence-electron chi connectivity index (χ3n) is 3.35. The summed E-state index contributed by atoms with van der Waals surface area (Å²) in [5, 5.41) is 0. The second-order valence-corrected chi connectivity index (χ2v) is 5.36. The molecule has 0 aliphatic carbocycles. The first-order valence-electron chi connectivity index (χ1n) is 6.35. The van der Waals surface area contributed by atoms with Gasteiger partial charge in [-0.1, -0.05) is 18.2 Å². The summed E-state index contributed by atoms with van der Waals surface area (Å²) in [6.45, 7) is 3.98. The monoisotopic (exact) mass is 318 g/mol. The zero-order valence-corrected chi connectivity index (χ0v) is 12.1. The summed E-state index contributed by atoms with van der Waals surface area (Å²) < 4.78 is 0.961. The Morgan fingerprint density at radius 3 is 2.32 bits per heavy atom. The summed E-state index contributed by atoms with van der Waals surface area (Å²) in [6.07, 6.45) is 3.40. The van der Waals surface area contributed by atoms with Crippen molar-refractivity contribution in [2.24, 2.45) is 0 Å². The Labute approximate surface area is 121 Å². The van der Waals surface area contributed by atoms with Gasteiger partial charge in [-0.25, -0.2) is 9.97 Å². The van der Waals surface area contributed by atoms with Gasteiger partial charge in [-0.05, 0) is 28.1 Å². The van der Waals surface area contributed by atoms with Crippen LogP contribution in [0.1, 0.15) is 0 Å². The first kappa shape index (κ1) is 12.4. The van der Waals surface area contributed by atoms with E-state index in [0.29, 0.717) is 0 Å². The van der Waals surface area contributed by atoms with Crippen LogP contribution in [0.5, 0.6) is 0 Å². The van der Waals surface area contributed by atoms with Crippen molar-refractivity contribution < 1.29 is 0 Å². The molecule has 0 amide bonds. The number of hydrogen-bond donors (Lipinski definition) is 0. The fourth-order valence-electron chi connectivity index (χ4n) is 2.35. The lowest BCUT2D eigenvalue weighted by atomic mass is 10.2. The fourth-order valence-corrected chi connectivity index (χ4v) is 2.83. The molecule has 0 bridgehead atoms. The van der Waals surface area contributed by atoms with Gasteiger partial charge in [-0.2, -0.15) is 0 Å². The lowest BCUT2D eigenvalue weighted by molar-refractivity contribution is 0.645. The van der Waals surface area contributed by atoms with E-state index in [-0.39, 0.29) is 0 Å². The van der Waals surface area contributed by atoms with Gasteiger partial charge >= 0.3 is 0 Å². The molecule has 0 atom stereocenters. The van der Waals surface area contributed by atoms with Crippen LogP contribution in [0.2, 0.25) is 0 Å². The quantitative estimate of drug-likeness (QED) is 0.852. The SMILES string of the molecule is Brc1cncnc1N1CCN(c2ccccc2)CC1. The number of hydrogen-bond acceptors (Lipinski definition) is 4. The van der Waals surface area contributed by atoms with Crippen LogP contribution in [-0.4, -0.2) is 36.1 Å². The molecule has 2 heterocycles. The van der Waals surface area contributed by atoms with Crippen LogP contribution in [0, 0.1) is 0 Å². The smallest absolute Gasteiger partial charge is 0.146 e. The molecule has 0 N–H and O–H groups in total. The molecule has 98 valence electrons. The van der Waals surface area contributed by atoms with Gasteiger partial charge in [0, 0.05) is 38.1 Å². The van der Waals surface area contributed by atoms with Gasteiger partial charge in [-0.3, -0.25) is 0 Å². The Kier molecular flexibility index (Phi) is 3.64. The van der Waals surface area contributed by atoms with Crippen molar-refractivity contribution in [1.82, 2.24) is 9.97 Å². The van der Waals surface area contributed by atoms with E-state index in [2.05, 4.69) is 66.0 Å². The van der Waals surface area contributed by atoms with E-state index in [1.54, 1.807) is 12.5 Å². The maximum atomic E-state index is 4.35. The second-order valence-electron chi connectivity index (χ2n) is 4.50. The summed E-state index contributed by atoms with van der Waals surface area (Å²) in [7, 11) is 0. The van der Waals surface area contributed by atoms with Crippen LogP contribution < -0.4 is 9.80 Å². The lowest BCUT2D eigenvalue weighted by Gasteiger charge is -2.36. The van der Waals surface area contributed by atoms with Crippen LogP contribution in [-0.2, 0) is 0 Å². The molecule has 19 heavy (non-hydrogen) atoms. The Bertz CT molecular complexity index is 538. The molecular formula is C14H15BrN4. The van der Waals surface area contributed by atoms with Crippen LogP contribution >= 0.6 is 15.9 Å². The summed E-state index contributed by atoms with van der Waals surface area (Å²) in [5.74, 6) is 0.989.